The number of carbonyl (C=O) groups excluding carboxylic acids is 2. The van der Waals surface area contributed by atoms with Crippen LogP contribution >= 0.6 is 11.6 Å². The van der Waals surface area contributed by atoms with Gasteiger partial charge in [-0.3, -0.25) is 9.59 Å². The third kappa shape index (κ3) is 3.46. The molecule has 7 heteroatoms. The number of amides is 2. The van der Waals surface area contributed by atoms with Crippen LogP contribution in [0, 0.1) is 18.6 Å². The van der Waals surface area contributed by atoms with Crippen molar-refractivity contribution in [1.82, 2.24) is 0 Å². The number of rotatable bonds is 4. The van der Waals surface area contributed by atoms with Gasteiger partial charge in [0.05, 0.1) is 11.3 Å². The SMILES string of the molecule is Cc1c(Cl)cccc1N1C(=O)C(Nc2cccc(F)c2)=C(c2ccc(F)cc2)C1=O. The number of halogens is 3. The number of carbonyl (C=O) groups is 2. The van der Waals surface area contributed by atoms with Gasteiger partial charge >= 0.3 is 0 Å². The van der Waals surface area contributed by atoms with Gasteiger partial charge in [0.1, 0.15) is 17.3 Å². The van der Waals surface area contributed by atoms with Gasteiger partial charge in [-0.15, -0.1) is 0 Å². The molecule has 3 aromatic rings. The Labute approximate surface area is 176 Å². The van der Waals surface area contributed by atoms with Crippen molar-refractivity contribution in [3.63, 3.8) is 0 Å². The number of hydrogen-bond acceptors (Lipinski definition) is 3. The Morgan fingerprint density at radius 3 is 2.27 bits per heavy atom. The molecule has 0 spiro atoms. The highest BCUT2D eigenvalue weighted by molar-refractivity contribution is 6.46. The van der Waals surface area contributed by atoms with E-state index in [4.69, 9.17) is 11.6 Å². The molecular weight excluding hydrogens is 410 g/mol. The van der Waals surface area contributed by atoms with Crippen LogP contribution in [0.15, 0.2) is 72.4 Å². The molecule has 0 saturated carbocycles. The minimum Gasteiger partial charge on any atom is -0.350 e. The standard InChI is InChI=1S/C23H15ClF2N2O2/c1-13-18(24)6-3-7-19(13)28-22(29)20(14-8-10-15(25)11-9-14)21(23(28)30)27-17-5-2-4-16(26)12-17/h2-12,27H,1H3. The smallest absolute Gasteiger partial charge is 0.282 e. The molecule has 0 radical (unpaired) electrons. The maximum absolute atomic E-state index is 13.6. The van der Waals surface area contributed by atoms with Crippen molar-refractivity contribution in [2.75, 3.05) is 10.2 Å². The molecule has 0 aromatic heterocycles. The Morgan fingerprint density at radius 2 is 1.57 bits per heavy atom. The topological polar surface area (TPSA) is 49.4 Å². The first-order valence-corrected chi connectivity index (χ1v) is 9.41. The molecule has 0 bridgehead atoms. The lowest BCUT2D eigenvalue weighted by Gasteiger charge is -2.18. The molecule has 1 N–H and O–H groups in total. The molecule has 1 heterocycles. The van der Waals surface area contributed by atoms with Crippen LogP contribution in [0.1, 0.15) is 11.1 Å². The monoisotopic (exact) mass is 424 g/mol. The van der Waals surface area contributed by atoms with E-state index >= 15 is 0 Å². The maximum atomic E-state index is 13.6. The van der Waals surface area contributed by atoms with Crippen molar-refractivity contribution < 1.29 is 18.4 Å². The van der Waals surface area contributed by atoms with E-state index in [1.54, 1.807) is 31.2 Å². The third-order valence-corrected chi connectivity index (χ3v) is 5.20. The van der Waals surface area contributed by atoms with Crippen molar-refractivity contribution in [1.29, 1.82) is 0 Å². The number of benzene rings is 3. The molecule has 30 heavy (non-hydrogen) atoms. The zero-order chi connectivity index (χ0) is 21.4. The predicted octanol–water partition coefficient (Wildman–Crippen LogP) is 5.32. The van der Waals surface area contributed by atoms with E-state index in [1.807, 2.05) is 0 Å². The summed E-state index contributed by atoms with van der Waals surface area (Å²) in [5, 5.41) is 3.27. The Balaban J connectivity index is 1.86. The number of nitrogens with one attached hydrogen (secondary N) is 1. The molecule has 150 valence electrons. The highest BCUT2D eigenvalue weighted by Crippen LogP contribution is 2.36. The molecule has 1 aliphatic heterocycles. The first-order valence-electron chi connectivity index (χ1n) is 9.03. The summed E-state index contributed by atoms with van der Waals surface area (Å²) in [6, 6.07) is 15.7. The molecule has 0 atom stereocenters. The van der Waals surface area contributed by atoms with Crippen molar-refractivity contribution >= 4 is 40.4 Å². The van der Waals surface area contributed by atoms with Crippen molar-refractivity contribution in [2.24, 2.45) is 0 Å². The first-order chi connectivity index (χ1) is 14.4. The normalized spacial score (nSPS) is 13.9. The van der Waals surface area contributed by atoms with E-state index in [0.29, 0.717) is 27.5 Å². The van der Waals surface area contributed by atoms with Crippen LogP contribution in [-0.4, -0.2) is 11.8 Å². The van der Waals surface area contributed by atoms with Crippen LogP contribution in [0.3, 0.4) is 0 Å². The van der Waals surface area contributed by atoms with Crippen LogP contribution in [-0.2, 0) is 9.59 Å². The van der Waals surface area contributed by atoms with Crippen molar-refractivity contribution in [2.45, 2.75) is 6.92 Å². The van der Waals surface area contributed by atoms with Gasteiger partial charge in [0.25, 0.3) is 11.8 Å². The van der Waals surface area contributed by atoms with Gasteiger partial charge in [-0.05, 0) is 60.5 Å². The van der Waals surface area contributed by atoms with Crippen LogP contribution in [0.5, 0.6) is 0 Å². The summed E-state index contributed by atoms with van der Waals surface area (Å²) in [4.78, 5) is 27.6. The van der Waals surface area contributed by atoms with Crippen LogP contribution in [0.2, 0.25) is 5.02 Å². The Bertz CT molecular complexity index is 1210. The molecule has 4 rings (SSSR count). The molecule has 2 amide bonds. The Hall–Kier alpha value is -3.51. The summed E-state index contributed by atoms with van der Waals surface area (Å²) >= 11 is 6.18. The molecule has 0 aliphatic carbocycles. The fraction of sp³-hybridized carbons (Fsp3) is 0.0435. The highest BCUT2D eigenvalue weighted by atomic mass is 35.5. The fourth-order valence-corrected chi connectivity index (χ4v) is 3.47. The summed E-state index contributed by atoms with van der Waals surface area (Å²) in [5.41, 5.74) is 1.59. The lowest BCUT2D eigenvalue weighted by Crippen LogP contribution is -2.33. The summed E-state index contributed by atoms with van der Waals surface area (Å²) in [7, 11) is 0. The highest BCUT2D eigenvalue weighted by Gasteiger charge is 2.41. The van der Waals surface area contributed by atoms with Crippen molar-refractivity contribution in [3.8, 4) is 0 Å². The molecule has 0 fully saturated rings. The average molecular weight is 425 g/mol. The first kappa shape index (κ1) is 19.8. The third-order valence-electron chi connectivity index (χ3n) is 4.79. The van der Waals surface area contributed by atoms with E-state index in [0.717, 1.165) is 4.90 Å². The van der Waals surface area contributed by atoms with Crippen LogP contribution in [0.4, 0.5) is 20.2 Å². The minimum atomic E-state index is -0.617. The lowest BCUT2D eigenvalue weighted by atomic mass is 10.0. The molecular formula is C23H15ClF2N2O2. The van der Waals surface area contributed by atoms with E-state index in [9.17, 15) is 18.4 Å². The van der Waals surface area contributed by atoms with Gasteiger partial charge in [-0.25, -0.2) is 13.7 Å². The van der Waals surface area contributed by atoms with Gasteiger partial charge in [-0.2, -0.15) is 0 Å². The average Bonchev–Trinajstić information content (AvgIpc) is 2.95. The summed E-state index contributed by atoms with van der Waals surface area (Å²) < 4.78 is 27.1. The number of anilines is 2. The van der Waals surface area contributed by atoms with E-state index < -0.39 is 23.4 Å². The summed E-state index contributed by atoms with van der Waals surface area (Å²) in [6.07, 6.45) is 0. The zero-order valence-electron chi connectivity index (χ0n) is 15.7. The molecule has 0 unspecified atom stereocenters. The molecule has 3 aromatic carbocycles. The van der Waals surface area contributed by atoms with Gasteiger partial charge in [0.2, 0.25) is 0 Å². The van der Waals surface area contributed by atoms with E-state index in [2.05, 4.69) is 5.32 Å². The predicted molar refractivity (Wildman–Crippen MR) is 112 cm³/mol. The second-order valence-corrected chi connectivity index (χ2v) is 7.13. The number of nitrogens with zero attached hydrogens (tertiary/aromatic N) is 1. The van der Waals surface area contributed by atoms with Crippen LogP contribution in [0.25, 0.3) is 5.57 Å². The second-order valence-electron chi connectivity index (χ2n) is 6.72. The minimum absolute atomic E-state index is 0.0309. The van der Waals surface area contributed by atoms with Gasteiger partial charge < -0.3 is 5.32 Å². The van der Waals surface area contributed by atoms with Gasteiger partial charge in [0.15, 0.2) is 0 Å². The van der Waals surface area contributed by atoms with Gasteiger partial charge in [0, 0.05) is 10.7 Å². The van der Waals surface area contributed by atoms with Crippen LogP contribution < -0.4 is 10.2 Å². The fourth-order valence-electron chi connectivity index (χ4n) is 3.30. The Morgan fingerprint density at radius 1 is 0.867 bits per heavy atom. The lowest BCUT2D eigenvalue weighted by molar-refractivity contribution is -0.120. The summed E-state index contributed by atoms with van der Waals surface area (Å²) in [5.74, 6) is -2.17. The van der Waals surface area contributed by atoms with E-state index in [1.165, 1.54) is 42.5 Å². The number of imide groups is 1. The molecule has 0 saturated heterocycles. The second kappa shape index (κ2) is 7.72. The maximum Gasteiger partial charge on any atom is 0.282 e. The Kier molecular flexibility index (Phi) is 5.10. The zero-order valence-corrected chi connectivity index (χ0v) is 16.5. The molecule has 4 nitrogen and oxygen atoms in total. The summed E-state index contributed by atoms with van der Waals surface area (Å²) in [6.45, 7) is 1.70. The van der Waals surface area contributed by atoms with E-state index in [-0.39, 0.29) is 11.3 Å². The van der Waals surface area contributed by atoms with Crippen molar-refractivity contribution in [3.05, 3.63) is 100 Å². The number of hydrogen-bond donors (Lipinski definition) is 1. The molecule has 1 aliphatic rings. The van der Waals surface area contributed by atoms with Gasteiger partial charge in [-0.1, -0.05) is 35.9 Å². The largest absolute Gasteiger partial charge is 0.350 e. The quantitative estimate of drug-likeness (QED) is 0.576.